The normalized spacial score (nSPS) is 18.4. The fourth-order valence-electron chi connectivity index (χ4n) is 4.94. The Morgan fingerprint density at radius 2 is 1.89 bits per heavy atom. The fraction of sp³-hybridized carbons (Fsp3) is 0.481. The van der Waals surface area contributed by atoms with E-state index in [0.717, 1.165) is 41.0 Å². The molecule has 2 aromatic heterocycles. The summed E-state index contributed by atoms with van der Waals surface area (Å²) in [5.74, 6) is 0. The third kappa shape index (κ3) is 4.91. The van der Waals surface area contributed by atoms with Crippen LogP contribution in [0.1, 0.15) is 26.3 Å². The molecule has 0 spiro atoms. The predicted octanol–water partition coefficient (Wildman–Crippen LogP) is 2.86. The van der Waals surface area contributed by atoms with E-state index in [9.17, 15) is 9.90 Å². The molecule has 2 saturated heterocycles. The zero-order valence-electron chi connectivity index (χ0n) is 21.2. The van der Waals surface area contributed by atoms with Gasteiger partial charge in [-0.15, -0.1) is 0 Å². The van der Waals surface area contributed by atoms with Gasteiger partial charge in [-0.1, -0.05) is 24.3 Å². The Bertz CT molecular complexity index is 1200. The topological polar surface area (TPSA) is 91.6 Å². The number of amides is 1. The Morgan fingerprint density at radius 3 is 2.50 bits per heavy atom. The van der Waals surface area contributed by atoms with Gasteiger partial charge < -0.3 is 29.7 Å². The third-order valence-electron chi connectivity index (χ3n) is 7.02. The summed E-state index contributed by atoms with van der Waals surface area (Å²) >= 11 is 0. The molecule has 0 saturated carbocycles. The summed E-state index contributed by atoms with van der Waals surface area (Å²) in [5, 5.41) is 18.0. The molecule has 2 aliphatic rings. The van der Waals surface area contributed by atoms with Gasteiger partial charge in [0.2, 0.25) is 0 Å². The average molecular weight is 494 g/mol. The Kier molecular flexibility index (Phi) is 6.87. The van der Waals surface area contributed by atoms with Crippen LogP contribution in [0.25, 0.3) is 16.6 Å². The molecule has 0 radical (unpaired) electrons. The second-order valence-electron chi connectivity index (χ2n) is 10.2. The van der Waals surface area contributed by atoms with Crippen molar-refractivity contribution in [1.82, 2.24) is 19.8 Å². The highest BCUT2D eigenvalue weighted by atomic mass is 16.6. The van der Waals surface area contributed by atoms with Gasteiger partial charge in [0.05, 0.1) is 36.6 Å². The van der Waals surface area contributed by atoms with Crippen LogP contribution in [0.15, 0.2) is 48.8 Å². The summed E-state index contributed by atoms with van der Waals surface area (Å²) in [4.78, 5) is 16.4. The minimum absolute atomic E-state index is 0.0217. The molecule has 0 aliphatic carbocycles. The first kappa shape index (κ1) is 24.5. The zero-order valence-corrected chi connectivity index (χ0v) is 21.2. The van der Waals surface area contributed by atoms with E-state index in [1.54, 1.807) is 4.90 Å². The molecule has 192 valence electrons. The Hall–Kier alpha value is -3.14. The molecule has 2 fully saturated rings. The SMILES string of the molecule is CC(C)NC(C)(CO)c1ccc(-c2cc3c(N4CCN(C(=O)OC5COC5)CC4)ccnn3c2)cc1. The maximum Gasteiger partial charge on any atom is 0.410 e. The zero-order chi connectivity index (χ0) is 25.3. The first-order valence-electron chi connectivity index (χ1n) is 12.6. The molecule has 3 aromatic rings. The number of nitrogens with one attached hydrogen (secondary N) is 1. The van der Waals surface area contributed by atoms with Gasteiger partial charge in [-0.05, 0) is 44.0 Å². The lowest BCUT2D eigenvalue weighted by Crippen LogP contribution is -2.51. The predicted molar refractivity (Wildman–Crippen MR) is 138 cm³/mol. The van der Waals surface area contributed by atoms with Crippen molar-refractivity contribution in [3.8, 4) is 11.1 Å². The number of piperazine rings is 1. The number of fused-ring (bicyclic) bond motifs is 1. The lowest BCUT2D eigenvalue weighted by atomic mass is 9.90. The molecule has 1 aromatic carbocycles. The number of carbonyl (C=O) groups excluding carboxylic acids is 1. The van der Waals surface area contributed by atoms with E-state index in [2.05, 4.69) is 59.5 Å². The van der Waals surface area contributed by atoms with Crippen LogP contribution in [0.4, 0.5) is 10.5 Å². The minimum Gasteiger partial charge on any atom is -0.441 e. The highest BCUT2D eigenvalue weighted by Gasteiger charge is 2.29. The first-order chi connectivity index (χ1) is 17.4. The van der Waals surface area contributed by atoms with E-state index in [1.807, 2.05) is 29.9 Å². The second kappa shape index (κ2) is 10.1. The Morgan fingerprint density at radius 1 is 1.17 bits per heavy atom. The summed E-state index contributed by atoms with van der Waals surface area (Å²) in [5.41, 5.74) is 4.85. The van der Waals surface area contributed by atoms with E-state index in [1.165, 1.54) is 0 Å². The maximum absolute atomic E-state index is 12.4. The number of aliphatic hydroxyl groups excluding tert-OH is 1. The number of aliphatic hydroxyl groups is 1. The van der Waals surface area contributed by atoms with Crippen LogP contribution in [0.2, 0.25) is 0 Å². The fourth-order valence-corrected chi connectivity index (χ4v) is 4.94. The molecule has 9 nitrogen and oxygen atoms in total. The average Bonchev–Trinajstić information content (AvgIpc) is 3.30. The standard InChI is InChI=1S/C27H35N5O4/c1-19(2)29-27(3,18-33)22-6-4-20(5-7-22)21-14-25-24(8-9-28-32(25)15-21)30-10-12-31(13-11-30)26(34)36-23-16-35-17-23/h4-9,14-15,19,23,29,33H,10-13,16-18H2,1-3H3. The number of ether oxygens (including phenoxy) is 2. The third-order valence-corrected chi connectivity index (χ3v) is 7.02. The van der Waals surface area contributed by atoms with Crippen LogP contribution in [-0.2, 0) is 15.0 Å². The number of rotatable bonds is 7. The molecule has 1 amide bonds. The number of hydrogen-bond donors (Lipinski definition) is 2. The van der Waals surface area contributed by atoms with Crippen molar-refractivity contribution < 1.29 is 19.4 Å². The largest absolute Gasteiger partial charge is 0.441 e. The van der Waals surface area contributed by atoms with E-state index in [4.69, 9.17) is 9.47 Å². The van der Waals surface area contributed by atoms with Crippen molar-refractivity contribution in [3.63, 3.8) is 0 Å². The smallest absolute Gasteiger partial charge is 0.410 e. The van der Waals surface area contributed by atoms with Gasteiger partial charge in [-0.2, -0.15) is 5.10 Å². The van der Waals surface area contributed by atoms with Gasteiger partial charge in [0.15, 0.2) is 6.10 Å². The molecular weight excluding hydrogens is 458 g/mol. The van der Waals surface area contributed by atoms with Crippen molar-refractivity contribution in [1.29, 1.82) is 0 Å². The molecule has 36 heavy (non-hydrogen) atoms. The van der Waals surface area contributed by atoms with Crippen LogP contribution in [0.5, 0.6) is 0 Å². The van der Waals surface area contributed by atoms with Gasteiger partial charge in [-0.25, -0.2) is 9.31 Å². The molecule has 2 aliphatic heterocycles. The molecule has 5 rings (SSSR count). The van der Waals surface area contributed by atoms with Crippen molar-refractivity contribution in [2.45, 2.75) is 38.5 Å². The lowest BCUT2D eigenvalue weighted by Gasteiger charge is -2.37. The van der Waals surface area contributed by atoms with Gasteiger partial charge in [0, 0.05) is 50.2 Å². The van der Waals surface area contributed by atoms with Crippen molar-refractivity contribution in [2.75, 3.05) is 50.9 Å². The molecule has 4 heterocycles. The highest BCUT2D eigenvalue weighted by Crippen LogP contribution is 2.30. The second-order valence-corrected chi connectivity index (χ2v) is 10.2. The lowest BCUT2D eigenvalue weighted by molar-refractivity contribution is -0.104. The van der Waals surface area contributed by atoms with E-state index >= 15 is 0 Å². The first-order valence-corrected chi connectivity index (χ1v) is 12.6. The summed E-state index contributed by atoms with van der Waals surface area (Å²) in [7, 11) is 0. The summed E-state index contributed by atoms with van der Waals surface area (Å²) in [6.07, 6.45) is 3.50. The molecule has 1 unspecified atom stereocenters. The number of benzene rings is 1. The molecule has 9 heteroatoms. The summed E-state index contributed by atoms with van der Waals surface area (Å²) in [6.45, 7) is 9.88. The van der Waals surface area contributed by atoms with Gasteiger partial charge in [0.25, 0.3) is 0 Å². The number of aromatic nitrogens is 2. The van der Waals surface area contributed by atoms with Crippen LogP contribution >= 0.6 is 0 Å². The summed E-state index contributed by atoms with van der Waals surface area (Å²) < 4.78 is 12.5. The number of anilines is 1. The maximum atomic E-state index is 12.4. The van der Waals surface area contributed by atoms with Crippen molar-refractivity contribution >= 4 is 17.3 Å². The van der Waals surface area contributed by atoms with Gasteiger partial charge in [0.1, 0.15) is 0 Å². The van der Waals surface area contributed by atoms with Crippen LogP contribution in [-0.4, -0.2) is 83.9 Å². The Balaban J connectivity index is 1.31. The van der Waals surface area contributed by atoms with Gasteiger partial charge >= 0.3 is 6.09 Å². The molecule has 0 bridgehead atoms. The van der Waals surface area contributed by atoms with Crippen molar-refractivity contribution in [2.24, 2.45) is 0 Å². The highest BCUT2D eigenvalue weighted by molar-refractivity contribution is 5.80. The van der Waals surface area contributed by atoms with Gasteiger partial charge in [-0.3, -0.25) is 0 Å². The van der Waals surface area contributed by atoms with Crippen LogP contribution < -0.4 is 10.2 Å². The molecule has 2 N–H and O–H groups in total. The number of hydrogen-bond acceptors (Lipinski definition) is 7. The number of carbonyl (C=O) groups is 1. The van der Waals surface area contributed by atoms with Crippen LogP contribution in [0.3, 0.4) is 0 Å². The summed E-state index contributed by atoms with van der Waals surface area (Å²) in [6, 6.07) is 12.8. The quantitative estimate of drug-likeness (QED) is 0.523. The number of nitrogens with zero attached hydrogens (tertiary/aromatic N) is 4. The molecule has 1 atom stereocenters. The molecular formula is C27H35N5O4. The monoisotopic (exact) mass is 493 g/mol. The minimum atomic E-state index is -0.493. The van der Waals surface area contributed by atoms with Crippen LogP contribution in [0, 0.1) is 0 Å². The van der Waals surface area contributed by atoms with Crippen molar-refractivity contribution in [3.05, 3.63) is 54.4 Å². The van der Waals surface area contributed by atoms with E-state index in [0.29, 0.717) is 26.3 Å². The van der Waals surface area contributed by atoms with E-state index in [-0.39, 0.29) is 24.8 Å². The van der Waals surface area contributed by atoms with E-state index < -0.39 is 5.54 Å². The Labute approximate surface area is 211 Å².